The normalized spacial score (nSPS) is 14.6. The number of ketones is 1. The molecular weight excluding hydrogens is 520 g/mol. The number of rotatable bonds is 3. The minimum Gasteiger partial charge on any atom is -0.508 e. The first-order chi connectivity index (χ1) is 19.1. The highest BCUT2D eigenvalue weighted by Gasteiger charge is 2.35. The molecular formula is C30H20O10. The summed E-state index contributed by atoms with van der Waals surface area (Å²) in [6.45, 7) is 0. The molecule has 0 spiro atoms. The molecule has 2 heterocycles. The van der Waals surface area contributed by atoms with Crippen molar-refractivity contribution in [1.82, 2.24) is 0 Å². The van der Waals surface area contributed by atoms with Gasteiger partial charge in [-0.05, 0) is 42.0 Å². The highest BCUT2D eigenvalue weighted by molar-refractivity contribution is 6.09. The minimum atomic E-state index is -0.751. The first-order valence-electron chi connectivity index (χ1n) is 12.0. The van der Waals surface area contributed by atoms with Crippen LogP contribution in [0.3, 0.4) is 0 Å². The second kappa shape index (κ2) is 8.98. The SMILES string of the molecule is O=C1CC(c2ccc(O)cc2)Oc2cc(O)c(-c3c(O)cc(O)c4c(=O)cc(-c5ccc(O)cc5)oc34)c(O)c21. The number of fused-ring (bicyclic) bond motifs is 2. The number of Topliss-reactive ketones (excluding diaryl/α,β-unsaturated/α-hetero) is 1. The van der Waals surface area contributed by atoms with Crippen LogP contribution >= 0.6 is 0 Å². The number of benzene rings is 4. The number of phenolic OH excluding ortho intramolecular Hbond substituents is 6. The van der Waals surface area contributed by atoms with Crippen LogP contribution in [-0.4, -0.2) is 36.4 Å². The van der Waals surface area contributed by atoms with E-state index in [9.17, 15) is 40.2 Å². The molecule has 0 bridgehead atoms. The average Bonchev–Trinajstić information content (AvgIpc) is 2.90. The van der Waals surface area contributed by atoms with Crippen LogP contribution in [0.4, 0.5) is 0 Å². The van der Waals surface area contributed by atoms with Crippen molar-refractivity contribution in [3.05, 3.63) is 88.1 Å². The molecule has 40 heavy (non-hydrogen) atoms. The van der Waals surface area contributed by atoms with Crippen molar-refractivity contribution >= 4 is 16.8 Å². The summed E-state index contributed by atoms with van der Waals surface area (Å²) < 4.78 is 11.8. The number of hydrogen-bond acceptors (Lipinski definition) is 10. The topological polar surface area (TPSA) is 178 Å². The van der Waals surface area contributed by atoms with Gasteiger partial charge in [-0.1, -0.05) is 12.1 Å². The van der Waals surface area contributed by atoms with E-state index in [0.717, 1.165) is 18.2 Å². The van der Waals surface area contributed by atoms with Gasteiger partial charge in [-0.3, -0.25) is 9.59 Å². The van der Waals surface area contributed by atoms with E-state index >= 15 is 0 Å². The molecule has 0 fully saturated rings. The van der Waals surface area contributed by atoms with Crippen LogP contribution in [0, 0.1) is 0 Å². The molecule has 1 aromatic heterocycles. The lowest BCUT2D eigenvalue weighted by Gasteiger charge is -2.27. The first-order valence-corrected chi connectivity index (χ1v) is 12.0. The van der Waals surface area contributed by atoms with Crippen molar-refractivity contribution in [3.63, 3.8) is 0 Å². The van der Waals surface area contributed by atoms with Crippen molar-refractivity contribution in [3.8, 4) is 62.7 Å². The fraction of sp³-hybridized carbons (Fsp3) is 0.0667. The maximum atomic E-state index is 13.2. The third kappa shape index (κ3) is 3.90. The van der Waals surface area contributed by atoms with E-state index in [2.05, 4.69) is 0 Å². The molecule has 1 aliphatic heterocycles. The van der Waals surface area contributed by atoms with Gasteiger partial charge in [-0.15, -0.1) is 0 Å². The van der Waals surface area contributed by atoms with Crippen molar-refractivity contribution in [2.24, 2.45) is 0 Å². The zero-order valence-electron chi connectivity index (χ0n) is 20.5. The summed E-state index contributed by atoms with van der Waals surface area (Å²) in [6, 6.07) is 14.8. The largest absolute Gasteiger partial charge is 0.508 e. The molecule has 1 unspecified atom stereocenters. The zero-order valence-corrected chi connectivity index (χ0v) is 20.5. The molecule has 1 aliphatic rings. The molecule has 0 saturated heterocycles. The number of carbonyl (C=O) groups is 1. The molecule has 1 atom stereocenters. The standard InChI is InChI=1S/C30H20O10/c31-15-5-1-13(2-6-15)22-11-20(36)26-24(39-22)12-21(37)27(29(26)38)28-18(34)9-17(33)25-19(35)10-23(40-30(25)28)14-3-7-16(32)8-4-14/h1-10,12,22,31-34,37-38H,11H2. The Labute approximate surface area is 224 Å². The van der Waals surface area contributed by atoms with E-state index < -0.39 is 45.9 Å². The van der Waals surface area contributed by atoms with Crippen molar-refractivity contribution < 1.29 is 44.6 Å². The Hall–Kier alpha value is -5.64. The second-order valence-corrected chi connectivity index (χ2v) is 9.33. The Morgan fingerprint density at radius 3 is 1.98 bits per heavy atom. The number of carbonyl (C=O) groups excluding carboxylic acids is 1. The number of aromatic hydroxyl groups is 6. The maximum Gasteiger partial charge on any atom is 0.197 e. The highest BCUT2D eigenvalue weighted by Crippen LogP contribution is 2.53. The minimum absolute atomic E-state index is 0.0110. The van der Waals surface area contributed by atoms with Gasteiger partial charge >= 0.3 is 0 Å². The zero-order chi connectivity index (χ0) is 28.3. The third-order valence-electron chi connectivity index (χ3n) is 6.79. The van der Waals surface area contributed by atoms with E-state index in [-0.39, 0.29) is 51.5 Å². The van der Waals surface area contributed by atoms with Crippen LogP contribution < -0.4 is 10.2 Å². The summed E-state index contributed by atoms with van der Waals surface area (Å²) in [5.41, 5.74) is -1.07. The maximum absolute atomic E-state index is 13.2. The summed E-state index contributed by atoms with van der Waals surface area (Å²) in [7, 11) is 0. The molecule has 5 aromatic rings. The molecule has 0 saturated carbocycles. The van der Waals surface area contributed by atoms with Gasteiger partial charge in [0.05, 0.1) is 17.5 Å². The van der Waals surface area contributed by atoms with Crippen LogP contribution in [0.5, 0.6) is 40.2 Å². The van der Waals surface area contributed by atoms with E-state index in [4.69, 9.17) is 9.15 Å². The van der Waals surface area contributed by atoms with Gasteiger partial charge in [0.1, 0.15) is 63.1 Å². The fourth-order valence-corrected chi connectivity index (χ4v) is 4.89. The number of phenols is 6. The van der Waals surface area contributed by atoms with E-state index in [1.165, 1.54) is 36.4 Å². The lowest BCUT2D eigenvalue weighted by molar-refractivity contribution is 0.0845. The smallest absolute Gasteiger partial charge is 0.197 e. The summed E-state index contributed by atoms with van der Waals surface area (Å²) in [5, 5.41) is 62.4. The average molecular weight is 540 g/mol. The Balaban J connectivity index is 1.56. The van der Waals surface area contributed by atoms with Gasteiger partial charge < -0.3 is 39.8 Å². The first kappa shape index (κ1) is 24.7. The Kier molecular flexibility index (Phi) is 5.54. The third-order valence-corrected chi connectivity index (χ3v) is 6.79. The van der Waals surface area contributed by atoms with Crippen LogP contribution in [0.1, 0.15) is 28.4 Å². The quantitative estimate of drug-likeness (QED) is 0.181. The van der Waals surface area contributed by atoms with Crippen LogP contribution in [-0.2, 0) is 0 Å². The monoisotopic (exact) mass is 540 g/mol. The van der Waals surface area contributed by atoms with E-state index in [1.807, 2.05) is 0 Å². The molecule has 6 rings (SSSR count). The Morgan fingerprint density at radius 2 is 1.30 bits per heavy atom. The van der Waals surface area contributed by atoms with Gasteiger partial charge in [0.25, 0.3) is 0 Å². The molecule has 10 heteroatoms. The summed E-state index contributed by atoms with van der Waals surface area (Å²) in [6.07, 6.45) is -0.920. The molecule has 4 aromatic carbocycles. The second-order valence-electron chi connectivity index (χ2n) is 9.33. The van der Waals surface area contributed by atoms with Crippen molar-refractivity contribution in [2.75, 3.05) is 0 Å². The lowest BCUT2D eigenvalue weighted by atomic mass is 9.90. The lowest BCUT2D eigenvalue weighted by Crippen LogP contribution is -2.20. The molecule has 200 valence electrons. The van der Waals surface area contributed by atoms with Crippen LogP contribution in [0.2, 0.25) is 0 Å². The fourth-order valence-electron chi connectivity index (χ4n) is 4.89. The number of ether oxygens (including phenoxy) is 1. The predicted octanol–water partition coefficient (Wildman–Crippen LogP) is 5.07. The van der Waals surface area contributed by atoms with E-state index in [0.29, 0.717) is 11.1 Å². The predicted molar refractivity (Wildman–Crippen MR) is 142 cm³/mol. The molecule has 6 N–H and O–H groups in total. The van der Waals surface area contributed by atoms with Gasteiger partial charge in [0, 0.05) is 23.8 Å². The van der Waals surface area contributed by atoms with Gasteiger partial charge in [0.2, 0.25) is 0 Å². The number of hydrogen-bond donors (Lipinski definition) is 6. The van der Waals surface area contributed by atoms with Crippen LogP contribution in [0.15, 0.2) is 75.9 Å². The summed E-state index contributed by atoms with van der Waals surface area (Å²) in [4.78, 5) is 26.2. The molecule has 10 nitrogen and oxygen atoms in total. The molecule has 0 aliphatic carbocycles. The van der Waals surface area contributed by atoms with E-state index in [1.54, 1.807) is 12.1 Å². The van der Waals surface area contributed by atoms with Crippen molar-refractivity contribution in [1.29, 1.82) is 0 Å². The molecule has 0 amide bonds. The highest BCUT2D eigenvalue weighted by atomic mass is 16.5. The van der Waals surface area contributed by atoms with Gasteiger partial charge in [0.15, 0.2) is 16.8 Å². The Bertz CT molecular complexity index is 1890. The molecule has 0 radical (unpaired) electrons. The van der Waals surface area contributed by atoms with Gasteiger partial charge in [-0.2, -0.15) is 0 Å². The Morgan fingerprint density at radius 1 is 0.675 bits per heavy atom. The van der Waals surface area contributed by atoms with Gasteiger partial charge in [-0.25, -0.2) is 0 Å². The summed E-state index contributed by atoms with van der Waals surface area (Å²) in [5.74, 6) is -3.17. The summed E-state index contributed by atoms with van der Waals surface area (Å²) >= 11 is 0. The van der Waals surface area contributed by atoms with Crippen molar-refractivity contribution in [2.45, 2.75) is 12.5 Å². The van der Waals surface area contributed by atoms with Crippen LogP contribution in [0.25, 0.3) is 33.4 Å².